The number of amides is 3. The van der Waals surface area contributed by atoms with Crippen LogP contribution in [0.1, 0.15) is 41.9 Å². The predicted molar refractivity (Wildman–Crippen MR) is 96.2 cm³/mol. The molecule has 1 aliphatic heterocycles. The van der Waals surface area contributed by atoms with E-state index >= 15 is 0 Å². The molecule has 0 saturated carbocycles. The smallest absolute Gasteiger partial charge is 0.322 e. The maximum absolute atomic E-state index is 12.4. The van der Waals surface area contributed by atoms with Crippen molar-refractivity contribution in [3.63, 3.8) is 0 Å². The van der Waals surface area contributed by atoms with Crippen LogP contribution in [0.15, 0.2) is 42.6 Å². The molecule has 1 unspecified atom stereocenters. The number of carbonyl (C=O) groups is 2. The van der Waals surface area contributed by atoms with E-state index in [9.17, 15) is 9.59 Å². The van der Waals surface area contributed by atoms with Gasteiger partial charge in [-0.2, -0.15) is 0 Å². The number of nitrogens with zero attached hydrogens (tertiary/aromatic N) is 2. The Bertz CT molecular complexity index is 748. The molecule has 2 aromatic rings. The molecule has 1 atom stereocenters. The normalized spacial score (nSPS) is 13.9. The third kappa shape index (κ3) is 3.96. The molecule has 1 aromatic carbocycles. The molecule has 0 aliphatic carbocycles. The lowest BCUT2D eigenvalue weighted by Gasteiger charge is -2.16. The summed E-state index contributed by atoms with van der Waals surface area (Å²) in [5, 5.41) is 5.78. The Kier molecular flexibility index (Phi) is 4.97. The van der Waals surface area contributed by atoms with E-state index in [1.807, 2.05) is 26.0 Å². The molecule has 0 bridgehead atoms. The van der Waals surface area contributed by atoms with Crippen LogP contribution in [0.4, 0.5) is 10.5 Å². The highest BCUT2D eigenvalue weighted by Gasteiger charge is 2.24. The van der Waals surface area contributed by atoms with Crippen LogP contribution >= 0.6 is 0 Å². The second-order valence-electron chi connectivity index (χ2n) is 6.26. The Labute approximate surface area is 147 Å². The molecule has 6 nitrogen and oxygen atoms in total. The molecule has 0 spiro atoms. The lowest BCUT2D eigenvalue weighted by Crippen LogP contribution is -2.32. The Morgan fingerprint density at radius 1 is 1.20 bits per heavy atom. The first-order chi connectivity index (χ1) is 12.1. The molecule has 130 valence electrons. The van der Waals surface area contributed by atoms with Crippen LogP contribution in [0.5, 0.6) is 0 Å². The van der Waals surface area contributed by atoms with E-state index in [1.165, 1.54) is 0 Å². The van der Waals surface area contributed by atoms with Crippen LogP contribution < -0.4 is 10.6 Å². The van der Waals surface area contributed by atoms with Gasteiger partial charge in [-0.15, -0.1) is 0 Å². The Hall–Kier alpha value is -2.89. The quantitative estimate of drug-likeness (QED) is 0.899. The van der Waals surface area contributed by atoms with Crippen molar-refractivity contribution in [2.24, 2.45) is 0 Å². The van der Waals surface area contributed by atoms with Crippen molar-refractivity contribution in [1.29, 1.82) is 0 Å². The van der Waals surface area contributed by atoms with Crippen LogP contribution in [0, 0.1) is 0 Å². The van der Waals surface area contributed by atoms with Crippen molar-refractivity contribution in [1.82, 2.24) is 15.2 Å². The SMILES string of the molecule is CCC(C)NC(=O)c1ccc(NC(=O)N2Cc3cccnc3C2)cc1. The number of fused-ring (bicyclic) bond motifs is 1. The monoisotopic (exact) mass is 338 g/mol. The first kappa shape index (κ1) is 17.0. The minimum Gasteiger partial charge on any atom is -0.350 e. The molecular formula is C19H22N4O2. The fraction of sp³-hybridized carbons (Fsp3) is 0.316. The van der Waals surface area contributed by atoms with Gasteiger partial charge in [0.15, 0.2) is 0 Å². The van der Waals surface area contributed by atoms with Gasteiger partial charge in [0.1, 0.15) is 0 Å². The molecule has 2 N–H and O–H groups in total. The van der Waals surface area contributed by atoms with Gasteiger partial charge in [-0.25, -0.2) is 4.79 Å². The van der Waals surface area contributed by atoms with Crippen LogP contribution in [-0.2, 0) is 13.1 Å². The summed E-state index contributed by atoms with van der Waals surface area (Å²) in [5.41, 5.74) is 3.26. The van der Waals surface area contributed by atoms with Gasteiger partial charge in [-0.1, -0.05) is 13.0 Å². The van der Waals surface area contributed by atoms with Crippen molar-refractivity contribution in [3.05, 3.63) is 59.4 Å². The molecule has 1 aliphatic rings. The average molecular weight is 338 g/mol. The summed E-state index contributed by atoms with van der Waals surface area (Å²) in [6.07, 6.45) is 2.62. The predicted octanol–water partition coefficient (Wildman–Crippen LogP) is 3.16. The molecule has 3 amide bonds. The van der Waals surface area contributed by atoms with E-state index < -0.39 is 0 Å². The topological polar surface area (TPSA) is 74.3 Å². The summed E-state index contributed by atoms with van der Waals surface area (Å²) in [7, 11) is 0. The fourth-order valence-electron chi connectivity index (χ4n) is 2.66. The Morgan fingerprint density at radius 3 is 2.64 bits per heavy atom. The van der Waals surface area contributed by atoms with Crippen molar-refractivity contribution in [2.45, 2.75) is 39.4 Å². The van der Waals surface area contributed by atoms with Crippen molar-refractivity contribution >= 4 is 17.6 Å². The average Bonchev–Trinajstić information content (AvgIpc) is 3.06. The molecule has 25 heavy (non-hydrogen) atoms. The van der Waals surface area contributed by atoms with Gasteiger partial charge < -0.3 is 15.5 Å². The van der Waals surface area contributed by atoms with E-state index in [-0.39, 0.29) is 18.0 Å². The number of pyridine rings is 1. The maximum Gasteiger partial charge on any atom is 0.322 e. The zero-order valence-corrected chi connectivity index (χ0v) is 14.5. The minimum absolute atomic E-state index is 0.103. The number of nitrogens with one attached hydrogen (secondary N) is 2. The van der Waals surface area contributed by atoms with Gasteiger partial charge in [0.05, 0.1) is 12.2 Å². The van der Waals surface area contributed by atoms with Gasteiger partial charge in [0.25, 0.3) is 5.91 Å². The summed E-state index contributed by atoms with van der Waals surface area (Å²) in [6, 6.07) is 10.7. The number of carbonyl (C=O) groups excluding carboxylic acids is 2. The van der Waals surface area contributed by atoms with Gasteiger partial charge in [0, 0.05) is 30.0 Å². The summed E-state index contributed by atoms with van der Waals surface area (Å²) < 4.78 is 0. The van der Waals surface area contributed by atoms with Gasteiger partial charge in [-0.3, -0.25) is 9.78 Å². The summed E-state index contributed by atoms with van der Waals surface area (Å²) in [4.78, 5) is 30.5. The van der Waals surface area contributed by atoms with Gasteiger partial charge in [0.2, 0.25) is 0 Å². The van der Waals surface area contributed by atoms with Crippen LogP contribution in [0.2, 0.25) is 0 Å². The molecular weight excluding hydrogens is 316 g/mol. The Balaban J connectivity index is 1.59. The van der Waals surface area contributed by atoms with Crippen molar-refractivity contribution in [3.8, 4) is 0 Å². The number of aromatic nitrogens is 1. The molecule has 3 rings (SSSR count). The standard InChI is InChI=1S/C19H22N4O2/c1-3-13(2)21-18(24)14-6-8-16(9-7-14)22-19(25)23-11-15-5-4-10-20-17(15)12-23/h4-10,13H,3,11-12H2,1-2H3,(H,21,24)(H,22,25). The van der Waals surface area contributed by atoms with Crippen molar-refractivity contribution in [2.75, 3.05) is 5.32 Å². The summed E-state index contributed by atoms with van der Waals surface area (Å²) in [5.74, 6) is -0.103. The highest BCUT2D eigenvalue weighted by molar-refractivity contribution is 5.95. The van der Waals surface area contributed by atoms with E-state index in [1.54, 1.807) is 35.4 Å². The molecule has 2 heterocycles. The highest BCUT2D eigenvalue weighted by Crippen LogP contribution is 2.21. The lowest BCUT2D eigenvalue weighted by atomic mass is 10.1. The van der Waals surface area contributed by atoms with Crippen LogP contribution in [0.25, 0.3) is 0 Å². The number of hydrogen-bond acceptors (Lipinski definition) is 3. The number of urea groups is 1. The van der Waals surface area contributed by atoms with Gasteiger partial charge in [-0.05, 0) is 49.2 Å². The molecule has 0 fully saturated rings. The number of benzene rings is 1. The maximum atomic E-state index is 12.4. The number of anilines is 1. The highest BCUT2D eigenvalue weighted by atomic mass is 16.2. The van der Waals surface area contributed by atoms with Crippen LogP contribution in [0.3, 0.4) is 0 Å². The molecule has 0 saturated heterocycles. The first-order valence-electron chi connectivity index (χ1n) is 8.46. The van der Waals surface area contributed by atoms with Crippen LogP contribution in [-0.4, -0.2) is 27.9 Å². The zero-order valence-electron chi connectivity index (χ0n) is 14.5. The largest absolute Gasteiger partial charge is 0.350 e. The second kappa shape index (κ2) is 7.34. The second-order valence-corrected chi connectivity index (χ2v) is 6.26. The minimum atomic E-state index is -0.171. The first-order valence-corrected chi connectivity index (χ1v) is 8.46. The van der Waals surface area contributed by atoms with Gasteiger partial charge >= 0.3 is 6.03 Å². The molecule has 1 aromatic heterocycles. The van der Waals surface area contributed by atoms with E-state index in [0.29, 0.717) is 24.3 Å². The van der Waals surface area contributed by atoms with E-state index in [0.717, 1.165) is 17.7 Å². The Morgan fingerprint density at radius 2 is 1.96 bits per heavy atom. The van der Waals surface area contributed by atoms with E-state index in [4.69, 9.17) is 0 Å². The van der Waals surface area contributed by atoms with E-state index in [2.05, 4.69) is 15.6 Å². The fourth-order valence-corrected chi connectivity index (χ4v) is 2.66. The number of hydrogen-bond donors (Lipinski definition) is 2. The van der Waals surface area contributed by atoms with Crippen molar-refractivity contribution < 1.29 is 9.59 Å². The zero-order chi connectivity index (χ0) is 17.8. The third-order valence-electron chi connectivity index (χ3n) is 4.36. The molecule has 0 radical (unpaired) electrons. The summed E-state index contributed by atoms with van der Waals surface area (Å²) >= 11 is 0. The third-order valence-corrected chi connectivity index (χ3v) is 4.36. The summed E-state index contributed by atoms with van der Waals surface area (Å²) in [6.45, 7) is 5.06. The lowest BCUT2D eigenvalue weighted by molar-refractivity contribution is 0.0939. The molecule has 6 heteroatoms. The number of rotatable bonds is 4.